The average molecular weight is 518 g/mol. The summed E-state index contributed by atoms with van der Waals surface area (Å²) in [6.07, 6.45) is 6.37. The van der Waals surface area contributed by atoms with E-state index in [0.717, 1.165) is 19.4 Å². The minimum atomic E-state index is -0.922. The standard InChI is InChI=1S/C6H10NO2.C6H6NO2.2ClH.Pt/c2*8-6(9)5-2-1-3-7-4-5;;;/h5H,1-4H2,(H,8,9);1-2,4H,3H2,(H,8,9);2*1H;/q2*-1;;;+4/p-2. The Labute approximate surface area is 140 Å². The summed E-state index contributed by atoms with van der Waals surface area (Å²) in [5, 5.41) is 24.6. The van der Waals surface area contributed by atoms with Crippen molar-refractivity contribution in [1.29, 1.82) is 0 Å². The number of nitrogens with zero attached hydrogens (tertiary/aromatic N) is 2. The van der Waals surface area contributed by atoms with Gasteiger partial charge < -0.3 is 20.8 Å². The SMILES string of the molecule is O=C(O)C1=C[N-]CC=C1.O=C(O)C1CCC[N-]C1.[Cl][Pt+2][Cl]. The van der Waals surface area contributed by atoms with Gasteiger partial charge in [0.05, 0.1) is 0 Å². The molecule has 0 aromatic carbocycles. The summed E-state index contributed by atoms with van der Waals surface area (Å²) in [5.74, 6) is -1.81. The number of rotatable bonds is 2. The van der Waals surface area contributed by atoms with Crippen LogP contribution in [0.2, 0.25) is 0 Å². The first kappa shape index (κ1) is 20.4. The zero-order valence-corrected chi connectivity index (χ0v) is 14.8. The second-order valence-corrected chi connectivity index (χ2v) is 7.29. The van der Waals surface area contributed by atoms with E-state index in [1.165, 1.54) is 6.20 Å². The number of carbonyl (C=O) groups is 2. The molecule has 9 heteroatoms. The number of piperidine rings is 1. The van der Waals surface area contributed by atoms with Crippen LogP contribution in [0.4, 0.5) is 0 Å². The van der Waals surface area contributed by atoms with Gasteiger partial charge in [0.15, 0.2) is 0 Å². The summed E-state index contributed by atoms with van der Waals surface area (Å²) in [5.41, 5.74) is 0.251. The molecule has 1 unspecified atom stereocenters. The minimum absolute atomic E-state index is 0.196. The van der Waals surface area contributed by atoms with Gasteiger partial charge in [0.2, 0.25) is 0 Å². The number of hydrogen-bond acceptors (Lipinski definition) is 2. The van der Waals surface area contributed by atoms with Gasteiger partial charge in [0.25, 0.3) is 0 Å². The van der Waals surface area contributed by atoms with Gasteiger partial charge in [0, 0.05) is 11.5 Å². The molecule has 0 saturated carbocycles. The number of hydrogen-bond donors (Lipinski definition) is 2. The molecule has 2 aliphatic rings. The molecule has 2 N–H and O–H groups in total. The fourth-order valence-electron chi connectivity index (χ4n) is 1.55. The Hall–Kier alpha value is -0.552. The molecule has 0 aromatic heterocycles. The van der Waals surface area contributed by atoms with Crippen molar-refractivity contribution in [3.63, 3.8) is 0 Å². The molecule has 21 heavy (non-hydrogen) atoms. The predicted octanol–water partition coefficient (Wildman–Crippen LogP) is 3.13. The van der Waals surface area contributed by atoms with Crippen LogP contribution in [0.3, 0.4) is 0 Å². The van der Waals surface area contributed by atoms with Crippen molar-refractivity contribution in [3.05, 3.63) is 34.6 Å². The molecule has 0 bridgehead atoms. The van der Waals surface area contributed by atoms with Crippen molar-refractivity contribution >= 4 is 30.8 Å². The Morgan fingerprint density at radius 1 is 1.33 bits per heavy atom. The van der Waals surface area contributed by atoms with E-state index in [1.54, 1.807) is 12.2 Å². The van der Waals surface area contributed by atoms with Gasteiger partial charge in [-0.1, -0.05) is 12.5 Å². The average Bonchev–Trinajstić information content (AvgIpc) is 2.50. The summed E-state index contributed by atoms with van der Waals surface area (Å²) in [4.78, 5) is 20.5. The summed E-state index contributed by atoms with van der Waals surface area (Å²) < 4.78 is 0. The summed E-state index contributed by atoms with van der Waals surface area (Å²) in [6, 6.07) is 0. The summed E-state index contributed by atoms with van der Waals surface area (Å²) in [6.45, 7) is 1.97. The van der Waals surface area contributed by atoms with Crippen LogP contribution < -0.4 is 0 Å². The molecular formula is C12H16Cl2N2O4Pt. The van der Waals surface area contributed by atoms with E-state index in [9.17, 15) is 9.59 Å². The van der Waals surface area contributed by atoms with Gasteiger partial charge in [-0.2, -0.15) is 6.20 Å². The van der Waals surface area contributed by atoms with Crippen LogP contribution in [0.15, 0.2) is 23.9 Å². The molecule has 2 rings (SSSR count). The zero-order valence-electron chi connectivity index (χ0n) is 11.0. The zero-order chi connectivity index (χ0) is 16.1. The van der Waals surface area contributed by atoms with Gasteiger partial charge in [-0.3, -0.25) is 4.79 Å². The van der Waals surface area contributed by atoms with E-state index in [1.807, 2.05) is 0 Å². The maximum atomic E-state index is 10.3. The molecule has 0 radical (unpaired) electrons. The van der Waals surface area contributed by atoms with E-state index >= 15 is 0 Å². The Bertz CT molecular complexity index is 385. The van der Waals surface area contributed by atoms with Crippen molar-refractivity contribution in [2.75, 3.05) is 19.6 Å². The second kappa shape index (κ2) is 13.1. The molecule has 1 fully saturated rings. The van der Waals surface area contributed by atoms with E-state index in [-0.39, 0.29) is 11.5 Å². The fraction of sp³-hybridized carbons (Fsp3) is 0.500. The molecular weight excluding hydrogens is 502 g/mol. The van der Waals surface area contributed by atoms with Gasteiger partial charge in [-0.15, -0.1) is 25.7 Å². The topological polar surface area (TPSA) is 103 Å². The van der Waals surface area contributed by atoms with Crippen LogP contribution >= 0.6 is 18.8 Å². The number of halogens is 2. The number of aliphatic carboxylic acids is 2. The third-order valence-corrected chi connectivity index (χ3v) is 2.55. The van der Waals surface area contributed by atoms with Crippen LogP contribution in [-0.4, -0.2) is 41.8 Å². The van der Waals surface area contributed by atoms with Crippen molar-refractivity contribution in [1.82, 2.24) is 0 Å². The van der Waals surface area contributed by atoms with Crippen molar-refractivity contribution in [3.8, 4) is 0 Å². The molecule has 0 aromatic rings. The molecule has 0 aliphatic carbocycles. The van der Waals surface area contributed by atoms with E-state index in [0.29, 0.717) is 13.1 Å². The summed E-state index contributed by atoms with van der Waals surface area (Å²) >= 11 is -0.472. The normalized spacial score (nSPS) is 19.9. The van der Waals surface area contributed by atoms with E-state index in [2.05, 4.69) is 10.6 Å². The van der Waals surface area contributed by atoms with Gasteiger partial charge in [-0.05, 0) is 6.42 Å². The molecule has 2 heterocycles. The quantitative estimate of drug-likeness (QED) is 0.587. The molecule has 0 spiro atoms. The molecule has 6 nitrogen and oxygen atoms in total. The third-order valence-electron chi connectivity index (χ3n) is 2.55. The Morgan fingerprint density at radius 3 is 2.29 bits per heavy atom. The molecule has 122 valence electrons. The molecule has 0 amide bonds. The van der Waals surface area contributed by atoms with Crippen LogP contribution in [0, 0.1) is 5.92 Å². The van der Waals surface area contributed by atoms with Crippen LogP contribution in [-0.2, 0) is 26.1 Å². The Morgan fingerprint density at radius 2 is 2.00 bits per heavy atom. The first-order valence-corrected chi connectivity index (χ1v) is 11.6. The summed E-state index contributed by atoms with van der Waals surface area (Å²) in [7, 11) is 9.75. The van der Waals surface area contributed by atoms with Crippen LogP contribution in [0.5, 0.6) is 0 Å². The predicted molar refractivity (Wildman–Crippen MR) is 78.2 cm³/mol. The third kappa shape index (κ3) is 10.8. The van der Waals surface area contributed by atoms with Crippen molar-refractivity contribution in [2.24, 2.45) is 5.92 Å². The van der Waals surface area contributed by atoms with Crippen molar-refractivity contribution in [2.45, 2.75) is 12.8 Å². The van der Waals surface area contributed by atoms with Crippen LogP contribution in [0.25, 0.3) is 10.6 Å². The molecule has 2 aliphatic heterocycles. The van der Waals surface area contributed by atoms with Gasteiger partial charge >= 0.3 is 47.3 Å². The number of carboxylic acid groups (broad SMARTS) is 2. The fourth-order valence-corrected chi connectivity index (χ4v) is 1.55. The monoisotopic (exact) mass is 517 g/mol. The Kier molecular flexibility index (Phi) is 12.8. The van der Waals surface area contributed by atoms with E-state index in [4.69, 9.17) is 29.0 Å². The van der Waals surface area contributed by atoms with E-state index < -0.39 is 28.4 Å². The van der Waals surface area contributed by atoms with Gasteiger partial charge in [-0.25, -0.2) is 4.79 Å². The Balaban J connectivity index is 0.000000322. The van der Waals surface area contributed by atoms with Crippen molar-refractivity contribution < 1.29 is 36.3 Å². The molecule has 1 saturated heterocycles. The molecule has 1 atom stereocenters. The maximum absolute atomic E-state index is 10.3. The second-order valence-electron chi connectivity index (χ2n) is 4.01. The number of carboxylic acids is 2. The van der Waals surface area contributed by atoms with Gasteiger partial charge in [0.1, 0.15) is 0 Å². The van der Waals surface area contributed by atoms with Crippen LogP contribution in [0.1, 0.15) is 12.8 Å². The first-order valence-electron chi connectivity index (χ1n) is 5.98. The first-order chi connectivity index (χ1) is 10.0.